The summed E-state index contributed by atoms with van der Waals surface area (Å²) in [5, 5.41) is 4.30. The minimum absolute atomic E-state index is 0.626. The van der Waals surface area contributed by atoms with Crippen LogP contribution >= 0.6 is 0 Å². The summed E-state index contributed by atoms with van der Waals surface area (Å²) in [6.07, 6.45) is 4.59. The molecule has 0 fully saturated rings. The third kappa shape index (κ3) is 1.60. The maximum Gasteiger partial charge on any atom is 0.150 e. The number of aldehydes is 1. The Morgan fingerprint density at radius 3 is 2.83 bits per heavy atom. The van der Waals surface area contributed by atoms with Gasteiger partial charge in [0.1, 0.15) is 17.6 Å². The molecular weight excluding hydrogens is 228 g/mol. The Balaban J connectivity index is 2.18. The molecule has 90 valence electrons. The number of rotatable bonds is 2. The summed E-state index contributed by atoms with van der Waals surface area (Å²) in [4.78, 5) is 15.2. The standard InChI is InChI=1S/C13H12N4O/c1-9-5-12(16(2)15-9)11-7-17-4-3-10(8-18)6-13(17)14-11/h3-8H,1-2H3. The zero-order valence-corrected chi connectivity index (χ0v) is 10.2. The van der Waals surface area contributed by atoms with Crippen molar-refractivity contribution in [1.29, 1.82) is 0 Å². The van der Waals surface area contributed by atoms with Gasteiger partial charge < -0.3 is 4.40 Å². The molecule has 3 rings (SSSR count). The van der Waals surface area contributed by atoms with E-state index in [1.165, 1.54) is 0 Å². The van der Waals surface area contributed by atoms with Crippen LogP contribution in [-0.4, -0.2) is 25.5 Å². The highest BCUT2D eigenvalue weighted by atomic mass is 16.1. The van der Waals surface area contributed by atoms with E-state index in [0.717, 1.165) is 29.0 Å². The van der Waals surface area contributed by atoms with Crippen LogP contribution in [0.4, 0.5) is 0 Å². The first-order chi connectivity index (χ1) is 8.67. The van der Waals surface area contributed by atoms with Crippen LogP contribution in [-0.2, 0) is 7.05 Å². The summed E-state index contributed by atoms with van der Waals surface area (Å²) >= 11 is 0. The molecule has 5 nitrogen and oxygen atoms in total. The molecule has 0 amide bonds. The van der Waals surface area contributed by atoms with Crippen LogP contribution in [0.1, 0.15) is 16.1 Å². The molecular formula is C13H12N4O. The number of aryl methyl sites for hydroxylation is 2. The average Bonchev–Trinajstić information content (AvgIpc) is 2.90. The first kappa shape index (κ1) is 10.7. The summed E-state index contributed by atoms with van der Waals surface area (Å²) in [5.74, 6) is 0. The summed E-state index contributed by atoms with van der Waals surface area (Å²) < 4.78 is 3.70. The minimum Gasteiger partial charge on any atom is -0.306 e. The molecule has 0 atom stereocenters. The molecule has 3 aromatic rings. The van der Waals surface area contributed by atoms with Crippen LogP contribution < -0.4 is 0 Å². The van der Waals surface area contributed by atoms with Crippen LogP contribution in [0.2, 0.25) is 0 Å². The molecule has 0 aromatic carbocycles. The number of aromatic nitrogens is 4. The predicted octanol–water partition coefficient (Wildman–Crippen LogP) is 1.86. The van der Waals surface area contributed by atoms with Gasteiger partial charge in [0.25, 0.3) is 0 Å². The number of hydrogen-bond donors (Lipinski definition) is 0. The minimum atomic E-state index is 0.626. The maximum atomic E-state index is 10.7. The van der Waals surface area contributed by atoms with Crippen LogP contribution in [0.25, 0.3) is 17.0 Å². The van der Waals surface area contributed by atoms with Gasteiger partial charge in [0.2, 0.25) is 0 Å². The van der Waals surface area contributed by atoms with Gasteiger partial charge in [-0.05, 0) is 25.1 Å². The number of nitrogens with zero attached hydrogens (tertiary/aromatic N) is 4. The number of imidazole rings is 1. The van der Waals surface area contributed by atoms with Crippen molar-refractivity contribution in [3.63, 3.8) is 0 Å². The first-order valence-corrected chi connectivity index (χ1v) is 5.62. The number of fused-ring (bicyclic) bond motifs is 1. The molecule has 5 heteroatoms. The van der Waals surface area contributed by atoms with Gasteiger partial charge in [-0.1, -0.05) is 0 Å². The van der Waals surface area contributed by atoms with Gasteiger partial charge in [-0.25, -0.2) is 4.98 Å². The van der Waals surface area contributed by atoms with E-state index in [9.17, 15) is 4.79 Å². The lowest BCUT2D eigenvalue weighted by atomic mass is 10.3. The molecule has 18 heavy (non-hydrogen) atoms. The zero-order chi connectivity index (χ0) is 12.7. The van der Waals surface area contributed by atoms with E-state index in [2.05, 4.69) is 10.1 Å². The van der Waals surface area contributed by atoms with E-state index < -0.39 is 0 Å². The van der Waals surface area contributed by atoms with Gasteiger partial charge in [-0.3, -0.25) is 9.48 Å². The average molecular weight is 240 g/mol. The second-order valence-electron chi connectivity index (χ2n) is 4.26. The monoisotopic (exact) mass is 240 g/mol. The maximum absolute atomic E-state index is 10.7. The normalized spacial score (nSPS) is 11.0. The summed E-state index contributed by atoms with van der Waals surface area (Å²) in [5.41, 5.74) is 4.15. The van der Waals surface area contributed by atoms with Crippen molar-refractivity contribution in [3.8, 4) is 11.4 Å². The fraction of sp³-hybridized carbons (Fsp3) is 0.154. The Bertz CT molecular complexity index is 739. The highest BCUT2D eigenvalue weighted by Crippen LogP contribution is 2.19. The van der Waals surface area contributed by atoms with Crippen molar-refractivity contribution in [2.75, 3.05) is 0 Å². The lowest BCUT2D eigenvalue weighted by Crippen LogP contribution is -1.93. The van der Waals surface area contributed by atoms with E-state index in [1.54, 1.807) is 16.8 Å². The van der Waals surface area contributed by atoms with E-state index in [1.807, 2.05) is 36.8 Å². The Morgan fingerprint density at radius 2 is 2.17 bits per heavy atom. The van der Waals surface area contributed by atoms with Gasteiger partial charge >= 0.3 is 0 Å². The van der Waals surface area contributed by atoms with Crippen molar-refractivity contribution in [2.24, 2.45) is 7.05 Å². The van der Waals surface area contributed by atoms with Crippen molar-refractivity contribution in [3.05, 3.63) is 41.9 Å². The topological polar surface area (TPSA) is 52.2 Å². The van der Waals surface area contributed by atoms with Gasteiger partial charge in [0.05, 0.1) is 11.4 Å². The Morgan fingerprint density at radius 1 is 1.33 bits per heavy atom. The van der Waals surface area contributed by atoms with Gasteiger partial charge in [-0.15, -0.1) is 0 Å². The van der Waals surface area contributed by atoms with Crippen LogP contribution in [0, 0.1) is 6.92 Å². The Kier molecular flexibility index (Phi) is 2.26. The number of carbonyl (C=O) groups is 1. The molecule has 0 aliphatic heterocycles. The summed E-state index contributed by atoms with van der Waals surface area (Å²) in [6, 6.07) is 5.52. The number of carbonyl (C=O) groups excluding carboxylic acids is 1. The summed E-state index contributed by atoms with van der Waals surface area (Å²) in [6.45, 7) is 1.95. The van der Waals surface area contributed by atoms with E-state index >= 15 is 0 Å². The van der Waals surface area contributed by atoms with Crippen LogP contribution in [0.3, 0.4) is 0 Å². The van der Waals surface area contributed by atoms with E-state index in [-0.39, 0.29) is 0 Å². The molecule has 0 N–H and O–H groups in total. The second-order valence-corrected chi connectivity index (χ2v) is 4.26. The third-order valence-corrected chi connectivity index (χ3v) is 2.88. The molecule has 0 unspecified atom stereocenters. The SMILES string of the molecule is Cc1cc(-c2cn3ccc(C=O)cc3n2)n(C)n1. The fourth-order valence-electron chi connectivity index (χ4n) is 2.04. The molecule has 0 radical (unpaired) electrons. The van der Waals surface area contributed by atoms with Gasteiger partial charge in [0, 0.05) is 25.0 Å². The molecule has 0 aliphatic carbocycles. The lowest BCUT2D eigenvalue weighted by molar-refractivity contribution is 0.112. The zero-order valence-electron chi connectivity index (χ0n) is 10.2. The van der Waals surface area contributed by atoms with E-state index in [4.69, 9.17) is 0 Å². The van der Waals surface area contributed by atoms with Crippen molar-refractivity contribution < 1.29 is 4.79 Å². The highest BCUT2D eigenvalue weighted by Gasteiger charge is 2.09. The highest BCUT2D eigenvalue weighted by molar-refractivity contribution is 5.77. The van der Waals surface area contributed by atoms with Gasteiger partial charge in [-0.2, -0.15) is 5.10 Å². The molecule has 3 heterocycles. The summed E-state index contributed by atoms with van der Waals surface area (Å²) in [7, 11) is 1.89. The van der Waals surface area contributed by atoms with Crippen molar-refractivity contribution in [2.45, 2.75) is 6.92 Å². The fourth-order valence-corrected chi connectivity index (χ4v) is 2.04. The quantitative estimate of drug-likeness (QED) is 0.642. The molecule has 0 spiro atoms. The number of pyridine rings is 1. The second kappa shape index (κ2) is 3.80. The predicted molar refractivity (Wildman–Crippen MR) is 67.5 cm³/mol. The van der Waals surface area contributed by atoms with Crippen LogP contribution in [0.5, 0.6) is 0 Å². The smallest absolute Gasteiger partial charge is 0.150 e. The molecule has 0 saturated carbocycles. The lowest BCUT2D eigenvalue weighted by Gasteiger charge is -1.94. The molecule has 0 saturated heterocycles. The Hall–Kier alpha value is -2.43. The number of hydrogen-bond acceptors (Lipinski definition) is 3. The molecule has 0 bridgehead atoms. The van der Waals surface area contributed by atoms with Crippen LogP contribution in [0.15, 0.2) is 30.6 Å². The third-order valence-electron chi connectivity index (χ3n) is 2.88. The Labute approximate surface area is 104 Å². The first-order valence-electron chi connectivity index (χ1n) is 5.62. The van der Waals surface area contributed by atoms with E-state index in [0.29, 0.717) is 5.56 Å². The molecule has 3 aromatic heterocycles. The molecule has 0 aliphatic rings. The van der Waals surface area contributed by atoms with Crippen molar-refractivity contribution in [1.82, 2.24) is 19.2 Å². The largest absolute Gasteiger partial charge is 0.306 e. The van der Waals surface area contributed by atoms with Gasteiger partial charge in [0.15, 0.2) is 0 Å². The van der Waals surface area contributed by atoms with Crippen molar-refractivity contribution >= 4 is 11.9 Å².